The summed E-state index contributed by atoms with van der Waals surface area (Å²) in [6, 6.07) is 13.6. The molecule has 7 heteroatoms. The normalized spacial score (nSPS) is 13.7. The molecule has 0 saturated carbocycles. The van der Waals surface area contributed by atoms with Crippen molar-refractivity contribution in [2.24, 2.45) is 10.7 Å². The molecular formula is C19H18ClN5O. The highest BCUT2D eigenvalue weighted by molar-refractivity contribution is 6.30. The number of benzene rings is 2. The first-order valence-electron chi connectivity index (χ1n) is 8.45. The second-order valence-electron chi connectivity index (χ2n) is 6.19. The molecule has 1 aromatic heterocycles. The third kappa shape index (κ3) is 3.70. The highest BCUT2D eigenvalue weighted by Crippen LogP contribution is 2.25. The van der Waals surface area contributed by atoms with Gasteiger partial charge in [-0.05, 0) is 54.7 Å². The van der Waals surface area contributed by atoms with Crippen LogP contribution in [0.2, 0.25) is 5.02 Å². The Balaban J connectivity index is 1.41. The topological polar surface area (TPSA) is 89.3 Å². The highest BCUT2D eigenvalue weighted by atomic mass is 35.5. The molecule has 132 valence electrons. The maximum absolute atomic E-state index is 5.98. The van der Waals surface area contributed by atoms with Crippen LogP contribution in [-0.4, -0.2) is 16.1 Å². The van der Waals surface area contributed by atoms with Gasteiger partial charge in [-0.2, -0.15) is 4.98 Å². The summed E-state index contributed by atoms with van der Waals surface area (Å²) in [6.45, 7) is 0.206. The van der Waals surface area contributed by atoms with Gasteiger partial charge < -0.3 is 15.6 Å². The molecule has 0 unspecified atom stereocenters. The van der Waals surface area contributed by atoms with E-state index in [-0.39, 0.29) is 6.54 Å². The molecule has 0 saturated heterocycles. The van der Waals surface area contributed by atoms with E-state index in [1.165, 1.54) is 17.5 Å². The Bertz CT molecular complexity index is 966. The molecule has 3 aromatic rings. The zero-order chi connectivity index (χ0) is 17.9. The first-order valence-corrected chi connectivity index (χ1v) is 8.82. The summed E-state index contributed by atoms with van der Waals surface area (Å²) in [7, 11) is 0. The fourth-order valence-electron chi connectivity index (χ4n) is 3.05. The van der Waals surface area contributed by atoms with Gasteiger partial charge in [0.15, 0.2) is 5.96 Å². The molecule has 26 heavy (non-hydrogen) atoms. The molecule has 3 N–H and O–H groups in total. The van der Waals surface area contributed by atoms with E-state index in [4.69, 9.17) is 21.9 Å². The molecule has 1 aliphatic carbocycles. The molecule has 0 atom stereocenters. The summed E-state index contributed by atoms with van der Waals surface area (Å²) >= 11 is 5.98. The van der Waals surface area contributed by atoms with Crippen molar-refractivity contribution in [2.45, 2.75) is 25.8 Å². The van der Waals surface area contributed by atoms with Crippen LogP contribution in [0.4, 0.5) is 5.69 Å². The van der Waals surface area contributed by atoms with Gasteiger partial charge in [0, 0.05) is 16.3 Å². The van der Waals surface area contributed by atoms with Gasteiger partial charge in [0.25, 0.3) is 0 Å². The zero-order valence-electron chi connectivity index (χ0n) is 14.1. The van der Waals surface area contributed by atoms with E-state index in [0.717, 1.165) is 24.1 Å². The van der Waals surface area contributed by atoms with E-state index in [1.54, 1.807) is 12.1 Å². The van der Waals surface area contributed by atoms with Crippen molar-refractivity contribution in [3.63, 3.8) is 0 Å². The van der Waals surface area contributed by atoms with Gasteiger partial charge in [-0.15, -0.1) is 0 Å². The molecule has 0 spiro atoms. The van der Waals surface area contributed by atoms with Gasteiger partial charge in [-0.25, -0.2) is 4.99 Å². The molecule has 1 heterocycles. The number of nitrogens with two attached hydrogens (primary N) is 1. The van der Waals surface area contributed by atoms with Crippen LogP contribution in [0.1, 0.15) is 23.4 Å². The van der Waals surface area contributed by atoms with Crippen LogP contribution in [0.3, 0.4) is 0 Å². The maximum Gasteiger partial charge on any atom is 0.248 e. The minimum atomic E-state index is 0.206. The van der Waals surface area contributed by atoms with Gasteiger partial charge in [0.2, 0.25) is 11.7 Å². The van der Waals surface area contributed by atoms with Crippen LogP contribution >= 0.6 is 11.6 Å². The average molecular weight is 368 g/mol. The van der Waals surface area contributed by atoms with Crippen molar-refractivity contribution in [3.05, 3.63) is 64.5 Å². The number of aryl methyl sites for hydroxylation is 2. The quantitative estimate of drug-likeness (QED) is 0.540. The Morgan fingerprint density at radius 2 is 2.08 bits per heavy atom. The fraction of sp³-hybridized carbons (Fsp3) is 0.211. The van der Waals surface area contributed by atoms with Gasteiger partial charge in [0.1, 0.15) is 6.54 Å². The minimum absolute atomic E-state index is 0.206. The second-order valence-corrected chi connectivity index (χ2v) is 6.62. The number of nitrogens with zero attached hydrogens (tertiary/aromatic N) is 3. The number of hydrogen-bond donors (Lipinski definition) is 2. The monoisotopic (exact) mass is 367 g/mol. The van der Waals surface area contributed by atoms with E-state index in [9.17, 15) is 0 Å². The van der Waals surface area contributed by atoms with Crippen molar-refractivity contribution in [3.8, 4) is 11.4 Å². The van der Waals surface area contributed by atoms with Crippen molar-refractivity contribution in [2.75, 3.05) is 5.32 Å². The smallest absolute Gasteiger partial charge is 0.248 e. The highest BCUT2D eigenvalue weighted by Gasteiger charge is 2.11. The van der Waals surface area contributed by atoms with Crippen LogP contribution in [0.5, 0.6) is 0 Å². The lowest BCUT2D eigenvalue weighted by molar-refractivity contribution is 0.381. The third-order valence-corrected chi connectivity index (χ3v) is 4.54. The van der Waals surface area contributed by atoms with Crippen LogP contribution < -0.4 is 11.1 Å². The van der Waals surface area contributed by atoms with E-state index in [2.05, 4.69) is 32.6 Å². The van der Waals surface area contributed by atoms with Crippen molar-refractivity contribution >= 4 is 23.2 Å². The Morgan fingerprint density at radius 1 is 1.19 bits per heavy atom. The van der Waals surface area contributed by atoms with Crippen molar-refractivity contribution < 1.29 is 4.52 Å². The number of halogens is 1. The molecule has 0 aliphatic heterocycles. The van der Waals surface area contributed by atoms with Crippen LogP contribution in [0.15, 0.2) is 52.0 Å². The number of aromatic nitrogens is 2. The number of hydrogen-bond acceptors (Lipinski definition) is 4. The van der Waals surface area contributed by atoms with Crippen LogP contribution in [0.25, 0.3) is 11.4 Å². The first kappa shape index (κ1) is 16.6. The summed E-state index contributed by atoms with van der Waals surface area (Å²) in [5.74, 6) is 1.17. The molecule has 1 aliphatic rings. The number of fused-ring (bicyclic) bond motifs is 1. The van der Waals surface area contributed by atoms with E-state index in [0.29, 0.717) is 22.7 Å². The van der Waals surface area contributed by atoms with Crippen molar-refractivity contribution in [1.29, 1.82) is 0 Å². The Kier molecular flexibility index (Phi) is 4.58. The van der Waals surface area contributed by atoms with Gasteiger partial charge in [0.05, 0.1) is 0 Å². The fourth-order valence-corrected chi connectivity index (χ4v) is 3.24. The molecule has 6 nitrogen and oxygen atoms in total. The summed E-state index contributed by atoms with van der Waals surface area (Å²) in [4.78, 5) is 8.59. The Morgan fingerprint density at radius 3 is 2.96 bits per heavy atom. The second kappa shape index (κ2) is 7.17. The Labute approximate surface area is 156 Å². The maximum atomic E-state index is 5.98. The SMILES string of the molecule is NC(=NCc1nc(-c2cccc(Cl)c2)no1)Nc1ccc2c(c1)CCC2. The lowest BCUT2D eigenvalue weighted by Crippen LogP contribution is -2.22. The third-order valence-electron chi connectivity index (χ3n) is 4.31. The number of nitrogens with one attached hydrogen (secondary N) is 1. The van der Waals surface area contributed by atoms with Gasteiger partial charge >= 0.3 is 0 Å². The van der Waals surface area contributed by atoms with E-state index < -0.39 is 0 Å². The molecule has 0 amide bonds. The molecule has 0 radical (unpaired) electrons. The molecule has 0 bridgehead atoms. The predicted molar refractivity (Wildman–Crippen MR) is 102 cm³/mol. The van der Waals surface area contributed by atoms with Crippen LogP contribution in [0, 0.1) is 0 Å². The Hall–Kier alpha value is -2.86. The summed E-state index contributed by atoms with van der Waals surface area (Å²) < 4.78 is 5.23. The van der Waals surface area contributed by atoms with E-state index >= 15 is 0 Å². The predicted octanol–water partition coefficient (Wildman–Crippen LogP) is 3.81. The lowest BCUT2D eigenvalue weighted by atomic mass is 10.1. The zero-order valence-corrected chi connectivity index (χ0v) is 14.8. The number of anilines is 1. The van der Waals surface area contributed by atoms with Crippen molar-refractivity contribution in [1.82, 2.24) is 10.1 Å². The number of rotatable bonds is 4. The summed E-state index contributed by atoms with van der Waals surface area (Å²) in [5, 5.41) is 7.68. The summed E-state index contributed by atoms with van der Waals surface area (Å²) in [6.07, 6.45) is 3.50. The first-order chi connectivity index (χ1) is 12.7. The van der Waals surface area contributed by atoms with Gasteiger partial charge in [-0.1, -0.05) is 35.0 Å². The van der Waals surface area contributed by atoms with Crippen LogP contribution in [-0.2, 0) is 19.4 Å². The molecule has 4 rings (SSSR count). The number of guanidine groups is 1. The molecular weight excluding hydrogens is 350 g/mol. The van der Waals surface area contributed by atoms with E-state index in [1.807, 2.05) is 18.2 Å². The van der Waals surface area contributed by atoms with Gasteiger partial charge in [-0.3, -0.25) is 0 Å². The minimum Gasteiger partial charge on any atom is -0.370 e. The summed E-state index contributed by atoms with van der Waals surface area (Å²) in [5.41, 5.74) is 10.5. The number of aliphatic imine (C=N–C) groups is 1. The largest absolute Gasteiger partial charge is 0.370 e. The average Bonchev–Trinajstić information content (AvgIpc) is 3.29. The lowest BCUT2D eigenvalue weighted by Gasteiger charge is -2.07. The molecule has 2 aromatic carbocycles. The standard InChI is InChI=1S/C19H18ClN5O/c20-15-6-2-5-14(9-15)18-24-17(26-25-18)11-22-19(21)23-16-8-7-12-3-1-4-13(12)10-16/h2,5-10H,1,3-4,11H2,(H3,21,22,23). The molecule has 0 fully saturated rings.